The van der Waals surface area contributed by atoms with Crippen molar-refractivity contribution in [1.29, 1.82) is 0 Å². The van der Waals surface area contributed by atoms with E-state index in [4.69, 9.17) is 0 Å². The van der Waals surface area contributed by atoms with Gasteiger partial charge in [0.15, 0.2) is 0 Å². The highest BCUT2D eigenvalue weighted by atomic mass is 19.1. The van der Waals surface area contributed by atoms with Crippen LogP contribution in [0.15, 0.2) is 48.5 Å². The number of para-hydroxylation sites is 1. The maximum Gasteiger partial charge on any atom is 0.309 e. The molecule has 3 rings (SSSR count). The first-order valence-corrected chi connectivity index (χ1v) is 5.73. The molecule has 0 saturated heterocycles. The van der Waals surface area contributed by atoms with Gasteiger partial charge in [-0.15, -0.1) is 0 Å². The minimum absolute atomic E-state index is 0.626. The standard InChI is InChI=1S/C15H11FN2/c1-10-5-4-6-11(9-10)14-12-7-2-3-8-13(12)17-15(16)18-14/h2-9H,1H3. The molecule has 18 heavy (non-hydrogen) atoms. The average molecular weight is 238 g/mol. The number of aromatic nitrogens is 2. The molecule has 0 aliphatic carbocycles. The fourth-order valence-corrected chi connectivity index (χ4v) is 2.06. The first-order chi connectivity index (χ1) is 8.74. The van der Waals surface area contributed by atoms with Crippen LogP contribution in [0.4, 0.5) is 4.39 Å². The number of aryl methyl sites for hydroxylation is 1. The SMILES string of the molecule is Cc1cccc(-c2nc(F)nc3ccccc23)c1. The minimum Gasteiger partial charge on any atom is -0.202 e. The van der Waals surface area contributed by atoms with Crippen LogP contribution < -0.4 is 0 Å². The van der Waals surface area contributed by atoms with E-state index < -0.39 is 6.08 Å². The molecule has 0 N–H and O–H groups in total. The number of nitrogens with zero attached hydrogens (tertiary/aromatic N) is 2. The lowest BCUT2D eigenvalue weighted by atomic mass is 10.0. The van der Waals surface area contributed by atoms with Gasteiger partial charge in [-0.3, -0.25) is 0 Å². The van der Waals surface area contributed by atoms with Crippen molar-refractivity contribution < 1.29 is 4.39 Å². The Bertz CT molecular complexity index is 723. The van der Waals surface area contributed by atoms with Crippen molar-refractivity contribution in [2.45, 2.75) is 6.92 Å². The van der Waals surface area contributed by atoms with Gasteiger partial charge >= 0.3 is 6.08 Å². The van der Waals surface area contributed by atoms with Gasteiger partial charge in [0.2, 0.25) is 0 Å². The van der Waals surface area contributed by atoms with Gasteiger partial charge in [0.1, 0.15) is 0 Å². The molecule has 2 nitrogen and oxygen atoms in total. The Kier molecular flexibility index (Phi) is 2.52. The molecule has 1 heterocycles. The van der Waals surface area contributed by atoms with Gasteiger partial charge in [0.05, 0.1) is 11.2 Å². The van der Waals surface area contributed by atoms with Gasteiger partial charge in [-0.2, -0.15) is 4.39 Å². The first kappa shape index (κ1) is 10.8. The summed E-state index contributed by atoms with van der Waals surface area (Å²) in [5, 5.41) is 0.865. The predicted octanol–water partition coefficient (Wildman–Crippen LogP) is 3.74. The molecule has 1 aromatic heterocycles. The van der Waals surface area contributed by atoms with Crippen molar-refractivity contribution >= 4 is 10.9 Å². The van der Waals surface area contributed by atoms with E-state index in [0.29, 0.717) is 11.2 Å². The van der Waals surface area contributed by atoms with Crippen LogP contribution in [0, 0.1) is 13.0 Å². The van der Waals surface area contributed by atoms with E-state index in [-0.39, 0.29) is 0 Å². The summed E-state index contributed by atoms with van der Waals surface area (Å²) in [7, 11) is 0. The second-order valence-corrected chi connectivity index (χ2v) is 4.23. The number of rotatable bonds is 1. The van der Waals surface area contributed by atoms with Crippen molar-refractivity contribution in [2.75, 3.05) is 0 Å². The zero-order chi connectivity index (χ0) is 12.5. The summed E-state index contributed by atoms with van der Waals surface area (Å²) in [6.07, 6.45) is -0.690. The van der Waals surface area contributed by atoms with Crippen LogP contribution in [0.1, 0.15) is 5.56 Å². The molecule has 0 aliphatic heterocycles. The molecular formula is C15H11FN2. The predicted molar refractivity (Wildman–Crippen MR) is 69.7 cm³/mol. The zero-order valence-corrected chi connectivity index (χ0v) is 9.89. The summed E-state index contributed by atoms with van der Waals surface area (Å²) in [5.41, 5.74) is 3.30. The number of fused-ring (bicyclic) bond motifs is 1. The molecule has 88 valence electrons. The Labute approximate surface area is 104 Å². The molecule has 0 aliphatic rings. The summed E-state index contributed by atoms with van der Waals surface area (Å²) < 4.78 is 13.5. The molecule has 0 atom stereocenters. The van der Waals surface area contributed by atoms with Crippen LogP contribution >= 0.6 is 0 Å². The zero-order valence-electron chi connectivity index (χ0n) is 9.89. The van der Waals surface area contributed by atoms with E-state index in [1.807, 2.05) is 49.4 Å². The van der Waals surface area contributed by atoms with E-state index in [2.05, 4.69) is 9.97 Å². The molecule has 0 spiro atoms. The van der Waals surface area contributed by atoms with E-state index in [1.54, 1.807) is 6.07 Å². The quantitative estimate of drug-likeness (QED) is 0.603. The minimum atomic E-state index is -0.690. The highest BCUT2D eigenvalue weighted by Gasteiger charge is 2.09. The first-order valence-electron chi connectivity index (χ1n) is 5.73. The Balaban J connectivity index is 2.34. The molecule has 0 bridgehead atoms. The van der Waals surface area contributed by atoms with E-state index in [9.17, 15) is 4.39 Å². The van der Waals surface area contributed by atoms with E-state index >= 15 is 0 Å². The highest BCUT2D eigenvalue weighted by molar-refractivity contribution is 5.91. The summed E-state index contributed by atoms with van der Waals surface area (Å²) in [5.74, 6) is 0. The second-order valence-electron chi connectivity index (χ2n) is 4.23. The third-order valence-corrected chi connectivity index (χ3v) is 2.87. The summed E-state index contributed by atoms with van der Waals surface area (Å²) in [4.78, 5) is 7.74. The van der Waals surface area contributed by atoms with Gasteiger partial charge in [0, 0.05) is 10.9 Å². The third-order valence-electron chi connectivity index (χ3n) is 2.87. The highest BCUT2D eigenvalue weighted by Crippen LogP contribution is 2.26. The average Bonchev–Trinajstić information content (AvgIpc) is 2.37. The molecule has 0 amide bonds. The largest absolute Gasteiger partial charge is 0.309 e. The monoisotopic (exact) mass is 238 g/mol. The van der Waals surface area contributed by atoms with E-state index in [1.165, 1.54) is 0 Å². The summed E-state index contributed by atoms with van der Waals surface area (Å²) >= 11 is 0. The fraction of sp³-hybridized carbons (Fsp3) is 0.0667. The molecule has 3 aromatic rings. The second kappa shape index (κ2) is 4.18. The molecular weight excluding hydrogens is 227 g/mol. The molecule has 0 fully saturated rings. The Morgan fingerprint density at radius 1 is 0.944 bits per heavy atom. The Morgan fingerprint density at radius 2 is 1.78 bits per heavy atom. The molecule has 0 saturated carbocycles. The van der Waals surface area contributed by atoms with Gasteiger partial charge in [0.25, 0.3) is 0 Å². The topological polar surface area (TPSA) is 25.8 Å². The van der Waals surface area contributed by atoms with Gasteiger partial charge in [-0.25, -0.2) is 9.97 Å². The van der Waals surface area contributed by atoms with Crippen molar-refractivity contribution in [2.24, 2.45) is 0 Å². The lowest BCUT2D eigenvalue weighted by Crippen LogP contribution is -1.94. The summed E-state index contributed by atoms with van der Waals surface area (Å²) in [6, 6.07) is 15.3. The van der Waals surface area contributed by atoms with Crippen molar-refractivity contribution in [3.8, 4) is 11.3 Å². The normalized spacial score (nSPS) is 10.8. The van der Waals surface area contributed by atoms with Crippen LogP contribution in [0.25, 0.3) is 22.2 Å². The van der Waals surface area contributed by atoms with Crippen molar-refractivity contribution in [1.82, 2.24) is 9.97 Å². The lowest BCUT2D eigenvalue weighted by Gasteiger charge is -2.06. The smallest absolute Gasteiger partial charge is 0.202 e. The molecule has 2 aromatic carbocycles. The van der Waals surface area contributed by atoms with Crippen LogP contribution in [-0.4, -0.2) is 9.97 Å². The number of hydrogen-bond acceptors (Lipinski definition) is 2. The maximum atomic E-state index is 13.5. The van der Waals surface area contributed by atoms with Gasteiger partial charge in [-0.1, -0.05) is 42.0 Å². The Morgan fingerprint density at radius 3 is 2.61 bits per heavy atom. The van der Waals surface area contributed by atoms with Crippen LogP contribution in [0.5, 0.6) is 0 Å². The van der Waals surface area contributed by atoms with Gasteiger partial charge < -0.3 is 0 Å². The lowest BCUT2D eigenvalue weighted by molar-refractivity contribution is 0.546. The van der Waals surface area contributed by atoms with Crippen LogP contribution in [0.3, 0.4) is 0 Å². The fourth-order valence-electron chi connectivity index (χ4n) is 2.06. The maximum absolute atomic E-state index is 13.5. The van der Waals surface area contributed by atoms with Crippen LogP contribution in [0.2, 0.25) is 0 Å². The molecule has 0 radical (unpaired) electrons. The Hall–Kier alpha value is -2.29. The van der Waals surface area contributed by atoms with E-state index in [0.717, 1.165) is 16.5 Å². The van der Waals surface area contributed by atoms with Crippen molar-refractivity contribution in [3.05, 3.63) is 60.2 Å². The molecule has 0 unspecified atom stereocenters. The van der Waals surface area contributed by atoms with Crippen LogP contribution in [-0.2, 0) is 0 Å². The number of benzene rings is 2. The number of halogens is 1. The third kappa shape index (κ3) is 1.84. The van der Waals surface area contributed by atoms with Gasteiger partial charge in [-0.05, 0) is 19.1 Å². The molecule has 3 heteroatoms. The number of hydrogen-bond donors (Lipinski definition) is 0. The van der Waals surface area contributed by atoms with Crippen molar-refractivity contribution in [3.63, 3.8) is 0 Å². The summed E-state index contributed by atoms with van der Waals surface area (Å²) in [6.45, 7) is 2.00.